The molecule has 78 valence electrons. The average molecular weight is 214 g/mol. The van der Waals surface area contributed by atoms with Crippen molar-refractivity contribution in [2.24, 2.45) is 0 Å². The van der Waals surface area contributed by atoms with Crippen molar-refractivity contribution in [3.8, 4) is 0 Å². The van der Waals surface area contributed by atoms with E-state index < -0.39 is 5.60 Å². The number of nitrogens with one attached hydrogen (secondary N) is 1. The van der Waals surface area contributed by atoms with E-state index >= 15 is 0 Å². The highest BCUT2D eigenvalue weighted by molar-refractivity contribution is 7.09. The standard InChI is InChI=1S/C9H14N2O2S/c12-5-7-6-14-8(11-7)9(13)1-3-10-4-2-9/h6,10,12-13H,1-5H2. The topological polar surface area (TPSA) is 65.4 Å². The Bertz CT molecular complexity index is 308. The molecular weight excluding hydrogens is 200 g/mol. The average Bonchev–Trinajstić information content (AvgIpc) is 2.67. The summed E-state index contributed by atoms with van der Waals surface area (Å²) < 4.78 is 0. The first-order chi connectivity index (χ1) is 6.74. The lowest BCUT2D eigenvalue weighted by atomic mass is 9.93. The van der Waals surface area contributed by atoms with Gasteiger partial charge >= 0.3 is 0 Å². The monoisotopic (exact) mass is 214 g/mol. The van der Waals surface area contributed by atoms with Gasteiger partial charge in [-0.2, -0.15) is 0 Å². The van der Waals surface area contributed by atoms with Crippen LogP contribution >= 0.6 is 11.3 Å². The molecule has 1 fully saturated rings. The molecule has 0 aliphatic carbocycles. The maximum Gasteiger partial charge on any atom is 0.125 e. The van der Waals surface area contributed by atoms with Crippen LogP contribution in [0.15, 0.2) is 5.38 Å². The molecule has 0 atom stereocenters. The lowest BCUT2D eigenvalue weighted by Gasteiger charge is -2.30. The van der Waals surface area contributed by atoms with Crippen LogP contribution in [0.5, 0.6) is 0 Å². The van der Waals surface area contributed by atoms with Crippen molar-refractivity contribution in [2.45, 2.75) is 25.0 Å². The van der Waals surface area contributed by atoms with Crippen LogP contribution < -0.4 is 5.32 Å². The first-order valence-electron chi connectivity index (χ1n) is 4.73. The van der Waals surface area contributed by atoms with Crippen molar-refractivity contribution >= 4 is 11.3 Å². The van der Waals surface area contributed by atoms with Crippen LogP contribution in [-0.2, 0) is 12.2 Å². The van der Waals surface area contributed by atoms with E-state index in [1.165, 1.54) is 11.3 Å². The minimum Gasteiger partial charge on any atom is -0.390 e. The van der Waals surface area contributed by atoms with E-state index in [4.69, 9.17) is 5.11 Å². The number of aromatic nitrogens is 1. The second kappa shape index (κ2) is 3.94. The Labute approximate surface area is 86.6 Å². The minimum atomic E-state index is -0.774. The molecule has 14 heavy (non-hydrogen) atoms. The van der Waals surface area contributed by atoms with E-state index in [0.29, 0.717) is 18.5 Å². The third kappa shape index (κ3) is 1.81. The summed E-state index contributed by atoms with van der Waals surface area (Å²) >= 11 is 1.43. The number of rotatable bonds is 2. The number of aliphatic hydroxyl groups is 2. The van der Waals surface area contributed by atoms with Gasteiger partial charge in [0.15, 0.2) is 0 Å². The van der Waals surface area contributed by atoms with Crippen LogP contribution in [0.3, 0.4) is 0 Å². The molecule has 0 bridgehead atoms. The summed E-state index contributed by atoms with van der Waals surface area (Å²) in [5.74, 6) is 0. The molecule has 4 nitrogen and oxygen atoms in total. The Balaban J connectivity index is 2.19. The van der Waals surface area contributed by atoms with Gasteiger partial charge in [-0.05, 0) is 25.9 Å². The molecule has 0 aromatic carbocycles. The summed E-state index contributed by atoms with van der Waals surface area (Å²) in [5, 5.41) is 24.9. The summed E-state index contributed by atoms with van der Waals surface area (Å²) in [5.41, 5.74) is -0.125. The molecule has 1 aromatic heterocycles. The summed E-state index contributed by atoms with van der Waals surface area (Å²) in [6.07, 6.45) is 1.40. The number of thiazole rings is 1. The van der Waals surface area contributed by atoms with Gasteiger partial charge in [-0.25, -0.2) is 4.98 Å². The lowest BCUT2D eigenvalue weighted by Crippen LogP contribution is -2.39. The molecule has 0 unspecified atom stereocenters. The molecular formula is C9H14N2O2S. The van der Waals surface area contributed by atoms with Crippen LogP contribution in [0.2, 0.25) is 0 Å². The van der Waals surface area contributed by atoms with Crippen LogP contribution in [0.4, 0.5) is 0 Å². The van der Waals surface area contributed by atoms with Gasteiger partial charge in [0.2, 0.25) is 0 Å². The summed E-state index contributed by atoms with van der Waals surface area (Å²) in [4.78, 5) is 4.21. The Morgan fingerprint density at radius 2 is 2.21 bits per heavy atom. The quantitative estimate of drug-likeness (QED) is 0.658. The molecule has 2 rings (SSSR count). The highest BCUT2D eigenvalue weighted by Gasteiger charge is 2.33. The fourth-order valence-electron chi connectivity index (χ4n) is 1.65. The normalized spacial score (nSPS) is 21.0. The number of aliphatic hydroxyl groups excluding tert-OH is 1. The maximum absolute atomic E-state index is 10.3. The van der Waals surface area contributed by atoms with Gasteiger partial charge < -0.3 is 15.5 Å². The molecule has 0 saturated carbocycles. The number of hydrogen-bond acceptors (Lipinski definition) is 5. The fraction of sp³-hybridized carbons (Fsp3) is 0.667. The molecule has 0 radical (unpaired) electrons. The Morgan fingerprint density at radius 3 is 2.79 bits per heavy atom. The van der Waals surface area contributed by atoms with E-state index in [2.05, 4.69) is 10.3 Å². The van der Waals surface area contributed by atoms with Gasteiger partial charge in [-0.15, -0.1) is 11.3 Å². The third-order valence-corrected chi connectivity index (χ3v) is 3.63. The van der Waals surface area contributed by atoms with Crippen molar-refractivity contribution < 1.29 is 10.2 Å². The first-order valence-corrected chi connectivity index (χ1v) is 5.61. The van der Waals surface area contributed by atoms with Crippen LogP contribution in [-0.4, -0.2) is 28.3 Å². The van der Waals surface area contributed by atoms with Crippen molar-refractivity contribution in [3.63, 3.8) is 0 Å². The highest BCUT2D eigenvalue weighted by Crippen LogP contribution is 2.32. The van der Waals surface area contributed by atoms with E-state index in [0.717, 1.165) is 18.1 Å². The highest BCUT2D eigenvalue weighted by atomic mass is 32.1. The first kappa shape index (κ1) is 10.0. The number of nitrogens with zero attached hydrogens (tertiary/aromatic N) is 1. The second-order valence-electron chi connectivity index (χ2n) is 3.58. The molecule has 1 saturated heterocycles. The third-order valence-electron chi connectivity index (χ3n) is 2.54. The molecule has 1 aliphatic heterocycles. The largest absolute Gasteiger partial charge is 0.390 e. The Hall–Kier alpha value is -0.490. The molecule has 0 amide bonds. The molecule has 1 aromatic rings. The van der Waals surface area contributed by atoms with Crippen molar-refractivity contribution in [1.82, 2.24) is 10.3 Å². The van der Waals surface area contributed by atoms with Crippen LogP contribution in [0, 0.1) is 0 Å². The van der Waals surface area contributed by atoms with Crippen LogP contribution in [0.25, 0.3) is 0 Å². The number of piperidine rings is 1. The SMILES string of the molecule is OCc1csc(C2(O)CCNCC2)n1. The Morgan fingerprint density at radius 1 is 1.50 bits per heavy atom. The maximum atomic E-state index is 10.3. The van der Waals surface area contributed by atoms with Gasteiger partial charge in [0, 0.05) is 5.38 Å². The van der Waals surface area contributed by atoms with Gasteiger partial charge in [-0.3, -0.25) is 0 Å². The smallest absolute Gasteiger partial charge is 0.125 e. The second-order valence-corrected chi connectivity index (χ2v) is 4.44. The van der Waals surface area contributed by atoms with E-state index in [9.17, 15) is 5.11 Å². The van der Waals surface area contributed by atoms with Gasteiger partial charge in [-0.1, -0.05) is 0 Å². The van der Waals surface area contributed by atoms with E-state index in [-0.39, 0.29) is 6.61 Å². The molecule has 2 heterocycles. The van der Waals surface area contributed by atoms with Gasteiger partial charge in [0.1, 0.15) is 10.6 Å². The Kier molecular flexibility index (Phi) is 2.83. The van der Waals surface area contributed by atoms with Crippen LogP contribution in [0.1, 0.15) is 23.5 Å². The van der Waals surface area contributed by atoms with Gasteiger partial charge in [0.05, 0.1) is 12.3 Å². The van der Waals surface area contributed by atoms with E-state index in [1.54, 1.807) is 5.38 Å². The fourth-order valence-corrected chi connectivity index (χ4v) is 2.62. The van der Waals surface area contributed by atoms with Gasteiger partial charge in [0.25, 0.3) is 0 Å². The van der Waals surface area contributed by atoms with Crippen molar-refractivity contribution in [1.29, 1.82) is 0 Å². The lowest BCUT2D eigenvalue weighted by molar-refractivity contribution is 0.00551. The number of hydrogen-bond donors (Lipinski definition) is 3. The predicted octanol–water partition coefficient (Wildman–Crippen LogP) is 0.206. The zero-order valence-corrected chi connectivity index (χ0v) is 8.68. The summed E-state index contributed by atoms with van der Waals surface area (Å²) in [6, 6.07) is 0. The summed E-state index contributed by atoms with van der Waals surface area (Å²) in [7, 11) is 0. The minimum absolute atomic E-state index is 0.0508. The summed E-state index contributed by atoms with van der Waals surface area (Å²) in [6.45, 7) is 1.60. The van der Waals surface area contributed by atoms with E-state index in [1.807, 2.05) is 0 Å². The van der Waals surface area contributed by atoms with Crippen molar-refractivity contribution in [3.05, 3.63) is 16.1 Å². The molecule has 0 spiro atoms. The molecule has 1 aliphatic rings. The van der Waals surface area contributed by atoms with Crippen molar-refractivity contribution in [2.75, 3.05) is 13.1 Å². The molecule has 3 N–H and O–H groups in total. The predicted molar refractivity (Wildman–Crippen MR) is 54.0 cm³/mol. The zero-order chi connectivity index (χ0) is 10.0. The molecule has 5 heteroatoms. The zero-order valence-electron chi connectivity index (χ0n) is 7.86.